The average molecular weight is 1610 g/mol. The van der Waals surface area contributed by atoms with E-state index in [-0.39, 0.29) is 39.6 Å². The average Bonchev–Trinajstić information content (AvgIpc) is 1.42. The predicted octanol–water partition coefficient (Wildman–Crippen LogP) is 28.5. The second kappa shape index (κ2) is 35.4. The quantitative estimate of drug-likeness (QED) is 0.0373. The maximum Gasteiger partial charge on any atom is 0.127 e. The molecule has 0 spiro atoms. The van der Waals surface area contributed by atoms with E-state index < -0.39 is 21.7 Å². The largest absolute Gasteiger partial charge is 0.489 e. The van der Waals surface area contributed by atoms with Gasteiger partial charge in [-0.05, 0) is 304 Å². The van der Waals surface area contributed by atoms with Crippen molar-refractivity contribution < 1.29 is 56.8 Å². The van der Waals surface area contributed by atoms with Gasteiger partial charge in [-0.3, -0.25) is 0 Å². The van der Waals surface area contributed by atoms with Crippen LogP contribution in [0, 0.1) is 5.41 Å². The zero-order chi connectivity index (χ0) is 82.7. The topological polar surface area (TPSA) is 111 Å². The van der Waals surface area contributed by atoms with Crippen molar-refractivity contribution in [2.24, 2.45) is 5.41 Å². The van der Waals surface area contributed by atoms with Crippen LogP contribution in [0.3, 0.4) is 0 Å². The van der Waals surface area contributed by atoms with Crippen molar-refractivity contribution in [2.75, 3.05) is 0 Å². The van der Waals surface area contributed by atoms with Crippen LogP contribution in [0.15, 0.2) is 364 Å². The molecule has 0 aromatic heterocycles. The van der Waals surface area contributed by atoms with E-state index in [1.807, 2.05) is 328 Å². The van der Waals surface area contributed by atoms with Crippen LogP contribution in [0.1, 0.15) is 133 Å². The SMILES string of the molecule is CCCC12c3cc(COc4ccc(Oc5ccccc5)cc4)c(COc4ccc(Oc5ccccc5)cc4)cc3C3(CCC)c4cc(COc5ccc(Oc6ccccc6)cc5)c(COc5ccc(Oc6ccccc6)cc5)cc4C(CCC)(c4cc(COc5ccc(Oc6ccccc6)cc5)c(COc5ccc(Oc6ccccc6)cc5)cc41)C23C. The van der Waals surface area contributed by atoms with Crippen LogP contribution < -0.4 is 56.8 Å². The normalized spacial score (nSPS) is 16.7. The molecule has 0 bridgehead atoms. The van der Waals surface area contributed by atoms with Gasteiger partial charge in [-0.1, -0.05) is 193 Å². The molecular formula is C110H96O12. The van der Waals surface area contributed by atoms with Crippen LogP contribution in [0.2, 0.25) is 0 Å². The third-order valence-corrected chi connectivity index (χ3v) is 24.4. The lowest BCUT2D eigenvalue weighted by atomic mass is 9.48. The van der Waals surface area contributed by atoms with Gasteiger partial charge >= 0.3 is 0 Å². The summed E-state index contributed by atoms with van der Waals surface area (Å²) in [6.07, 6.45) is 5.07. The molecule has 0 radical (unpaired) electrons. The lowest BCUT2D eigenvalue weighted by molar-refractivity contribution is 0.0539. The Morgan fingerprint density at radius 3 is 0.443 bits per heavy atom. The molecular weight excluding hydrogens is 1510 g/mol. The Morgan fingerprint density at radius 2 is 0.303 bits per heavy atom. The number of hydrogen-bond acceptors (Lipinski definition) is 12. The van der Waals surface area contributed by atoms with Gasteiger partial charge < -0.3 is 56.8 Å². The minimum atomic E-state index is -0.658. The van der Waals surface area contributed by atoms with Crippen molar-refractivity contribution in [3.05, 3.63) is 431 Å². The first kappa shape index (κ1) is 79.0. The summed E-state index contributed by atoms with van der Waals surface area (Å²) >= 11 is 0. The summed E-state index contributed by atoms with van der Waals surface area (Å²) in [4.78, 5) is 0. The number of para-hydroxylation sites is 6. The number of hydrogen-bond donors (Lipinski definition) is 0. The van der Waals surface area contributed by atoms with Gasteiger partial charge in [0.05, 0.1) is 0 Å². The molecule has 122 heavy (non-hydrogen) atoms. The molecule has 12 heteroatoms. The maximum atomic E-state index is 7.11. The van der Waals surface area contributed by atoms with Crippen molar-refractivity contribution in [3.63, 3.8) is 0 Å². The van der Waals surface area contributed by atoms with Crippen molar-refractivity contribution >= 4 is 0 Å². The zero-order valence-electron chi connectivity index (χ0n) is 69.0. The fourth-order valence-electron chi connectivity index (χ4n) is 19.2. The van der Waals surface area contributed by atoms with E-state index in [4.69, 9.17) is 56.8 Å². The molecule has 0 fully saturated rings. The summed E-state index contributed by atoms with van der Waals surface area (Å²) in [6.45, 7) is 11.3. The number of ether oxygens (including phenoxy) is 12. The molecule has 18 rings (SSSR count). The van der Waals surface area contributed by atoms with Crippen molar-refractivity contribution in [2.45, 2.75) is 122 Å². The summed E-state index contributed by atoms with van der Waals surface area (Å²) in [5, 5.41) is 0. The molecule has 0 heterocycles. The fraction of sp³-hybridized carbons (Fsp3) is 0.182. The van der Waals surface area contributed by atoms with Gasteiger partial charge in [-0.15, -0.1) is 0 Å². The minimum absolute atomic E-state index is 0.245. The van der Waals surface area contributed by atoms with Gasteiger partial charge in [-0.25, -0.2) is 0 Å². The van der Waals surface area contributed by atoms with Gasteiger partial charge in [0.2, 0.25) is 0 Å². The lowest BCUT2D eigenvalue weighted by Gasteiger charge is -2.53. The van der Waals surface area contributed by atoms with Gasteiger partial charge in [0.25, 0.3) is 0 Å². The second-order valence-corrected chi connectivity index (χ2v) is 31.6. The van der Waals surface area contributed by atoms with Gasteiger partial charge in [-0.2, -0.15) is 0 Å². The number of rotatable bonds is 36. The smallest absolute Gasteiger partial charge is 0.127 e. The van der Waals surface area contributed by atoms with E-state index in [2.05, 4.69) is 64.1 Å². The Balaban J connectivity index is 0.823. The highest BCUT2D eigenvalue weighted by atomic mass is 16.5. The highest BCUT2D eigenvalue weighted by Gasteiger charge is 2.82. The summed E-state index contributed by atoms with van der Waals surface area (Å²) in [6, 6.07) is 122. The van der Waals surface area contributed by atoms with E-state index in [1.165, 1.54) is 33.4 Å². The molecule has 15 aromatic carbocycles. The first-order valence-corrected chi connectivity index (χ1v) is 42.3. The fourth-order valence-corrected chi connectivity index (χ4v) is 19.2. The van der Waals surface area contributed by atoms with Crippen LogP contribution in [0.5, 0.6) is 103 Å². The molecule has 0 unspecified atom stereocenters. The third-order valence-electron chi connectivity index (χ3n) is 24.4. The first-order valence-electron chi connectivity index (χ1n) is 42.3. The predicted molar refractivity (Wildman–Crippen MR) is 478 cm³/mol. The highest BCUT2D eigenvalue weighted by Crippen LogP contribution is 2.85. The van der Waals surface area contributed by atoms with E-state index in [9.17, 15) is 0 Å². The van der Waals surface area contributed by atoms with Crippen LogP contribution in [-0.2, 0) is 55.9 Å². The van der Waals surface area contributed by atoms with Crippen LogP contribution in [0.4, 0.5) is 0 Å². The summed E-state index contributed by atoms with van der Waals surface area (Å²) in [5.74, 6) is 13.0. The Bertz CT molecular complexity index is 5080. The standard InChI is InChI=1S/C110H96O12/c1-5-62-108-101-65-77(71-111-83-38-50-95(51-39-83)117-89-26-14-8-15-27-89)79(73-113-85-42-54-97(55-43-85)119-91-30-18-10-19-31-91)67-103(101)109(63-6-2)105-69-81(75-115-87-46-58-99(59-47-87)121-93-34-22-12-23-35-93)82(76-116-88-48-60-100(61-49-88)122-94-36-24-13-25-37-94)70-106(105)110(64-7-3,107(108,109)4)104-68-80(74-114-86-44-56-98(57-45-86)120-92-32-20-11-21-33-92)78(66-102(104)108)72-112-84-40-52-96(53-41-84)118-90-28-16-9-17-29-90/h8-61,65-70H,5-7,62-64,71-76H2,1-4H3. The molecule has 0 saturated heterocycles. The summed E-state index contributed by atoms with van der Waals surface area (Å²) in [7, 11) is 0. The molecule has 3 aliphatic rings. The van der Waals surface area contributed by atoms with Gasteiger partial charge in [0.1, 0.15) is 143 Å². The van der Waals surface area contributed by atoms with E-state index in [0.29, 0.717) is 69.0 Å². The summed E-state index contributed by atoms with van der Waals surface area (Å²) in [5.41, 5.74) is 11.3. The van der Waals surface area contributed by atoms with Gasteiger partial charge in [0, 0.05) is 21.7 Å². The Morgan fingerprint density at radius 1 is 0.172 bits per heavy atom. The first-order chi connectivity index (χ1) is 60.1. The number of benzene rings is 15. The molecule has 608 valence electrons. The monoisotopic (exact) mass is 1610 g/mol. The van der Waals surface area contributed by atoms with Crippen molar-refractivity contribution in [1.82, 2.24) is 0 Å². The van der Waals surface area contributed by atoms with E-state index in [1.54, 1.807) is 0 Å². The molecule has 12 nitrogen and oxygen atoms in total. The zero-order valence-corrected chi connectivity index (χ0v) is 69.0. The van der Waals surface area contributed by atoms with Crippen LogP contribution in [0.25, 0.3) is 0 Å². The minimum Gasteiger partial charge on any atom is -0.489 e. The molecule has 3 aliphatic carbocycles. The van der Waals surface area contributed by atoms with E-state index >= 15 is 0 Å². The molecule has 0 saturated carbocycles. The van der Waals surface area contributed by atoms with Gasteiger partial charge in [0.15, 0.2) is 0 Å². The highest BCUT2D eigenvalue weighted by molar-refractivity contribution is 5.79. The van der Waals surface area contributed by atoms with Crippen LogP contribution >= 0.6 is 0 Å². The number of fused-ring (bicyclic) bond motifs is 9. The summed E-state index contributed by atoms with van der Waals surface area (Å²) < 4.78 is 80.6. The Labute approximate surface area is 714 Å². The van der Waals surface area contributed by atoms with Crippen molar-refractivity contribution in [1.29, 1.82) is 0 Å². The second-order valence-electron chi connectivity index (χ2n) is 31.6. The maximum absolute atomic E-state index is 7.11. The molecule has 0 amide bonds. The molecule has 0 atom stereocenters. The van der Waals surface area contributed by atoms with E-state index in [0.717, 1.165) is 106 Å². The van der Waals surface area contributed by atoms with Crippen molar-refractivity contribution in [3.8, 4) is 103 Å². The lowest BCUT2D eigenvalue weighted by Crippen LogP contribution is -2.54. The molecule has 0 N–H and O–H groups in total. The molecule has 0 aliphatic heterocycles. The Kier molecular flexibility index (Phi) is 23.0. The molecule has 15 aromatic rings. The van der Waals surface area contributed by atoms with Crippen LogP contribution in [-0.4, -0.2) is 0 Å². The Hall–Kier alpha value is -14.1. The third kappa shape index (κ3) is 15.9.